The highest BCUT2D eigenvalue weighted by Gasteiger charge is 2.24. The largest absolute Gasteiger partial charge is 0.367 e. The molecule has 2 aromatic heterocycles. The van der Waals surface area contributed by atoms with E-state index in [2.05, 4.69) is 18.0 Å². The number of hydrogen-bond donors (Lipinski definition) is 0. The molecule has 0 unspecified atom stereocenters. The van der Waals surface area contributed by atoms with Gasteiger partial charge in [0.05, 0.1) is 16.7 Å². The van der Waals surface area contributed by atoms with E-state index in [9.17, 15) is 4.39 Å². The summed E-state index contributed by atoms with van der Waals surface area (Å²) >= 11 is 6.53. The molecule has 0 aliphatic carbocycles. The Labute approximate surface area is 126 Å². The molecule has 3 aromatic rings. The Morgan fingerprint density at radius 1 is 1.33 bits per heavy atom. The van der Waals surface area contributed by atoms with Gasteiger partial charge in [0.2, 0.25) is 0 Å². The number of alkyl halides is 1. The molecule has 21 heavy (non-hydrogen) atoms. The van der Waals surface area contributed by atoms with Gasteiger partial charge >= 0.3 is 0 Å². The number of imidazole rings is 1. The summed E-state index contributed by atoms with van der Waals surface area (Å²) in [5, 5.41) is 0.598. The van der Waals surface area contributed by atoms with E-state index in [1.165, 1.54) is 5.56 Å². The number of benzene rings is 1. The van der Waals surface area contributed by atoms with Crippen molar-refractivity contribution in [2.45, 2.75) is 19.5 Å². The zero-order valence-electron chi connectivity index (χ0n) is 11.7. The number of fused-ring (bicyclic) bond motifs is 3. The van der Waals surface area contributed by atoms with Crippen LogP contribution in [0.4, 0.5) is 10.1 Å². The monoisotopic (exact) mass is 303 g/mol. The maximum Gasteiger partial charge on any atom is 0.158 e. The molecule has 0 spiro atoms. The minimum Gasteiger partial charge on any atom is -0.367 e. The van der Waals surface area contributed by atoms with E-state index in [0.717, 1.165) is 22.4 Å². The zero-order valence-corrected chi connectivity index (χ0v) is 12.4. The van der Waals surface area contributed by atoms with Gasteiger partial charge in [-0.3, -0.25) is 4.40 Å². The number of hydrogen-bond acceptors (Lipinski definition) is 2. The van der Waals surface area contributed by atoms with E-state index in [4.69, 9.17) is 11.6 Å². The van der Waals surface area contributed by atoms with E-state index in [1.54, 1.807) is 0 Å². The van der Waals surface area contributed by atoms with Crippen LogP contribution in [-0.4, -0.2) is 28.6 Å². The van der Waals surface area contributed by atoms with Gasteiger partial charge in [-0.15, -0.1) is 0 Å². The summed E-state index contributed by atoms with van der Waals surface area (Å²) in [4.78, 5) is 6.62. The molecule has 0 bridgehead atoms. The number of rotatable bonds is 1. The highest BCUT2D eigenvalue weighted by atomic mass is 35.5. The Kier molecular flexibility index (Phi) is 2.82. The van der Waals surface area contributed by atoms with Gasteiger partial charge in [-0.1, -0.05) is 17.7 Å². The first-order chi connectivity index (χ1) is 10.1. The van der Waals surface area contributed by atoms with Crippen LogP contribution in [0.2, 0.25) is 5.02 Å². The first kappa shape index (κ1) is 12.9. The molecule has 108 valence electrons. The van der Waals surface area contributed by atoms with Crippen molar-refractivity contribution >= 4 is 34.0 Å². The minimum atomic E-state index is -0.765. The summed E-state index contributed by atoms with van der Waals surface area (Å²) in [6, 6.07) is 8.09. The van der Waals surface area contributed by atoms with Crippen LogP contribution in [0.3, 0.4) is 0 Å². The van der Waals surface area contributed by atoms with Crippen molar-refractivity contribution in [2.75, 3.05) is 18.0 Å². The lowest BCUT2D eigenvalue weighted by atomic mass is 10.2. The minimum absolute atomic E-state index is 0.412. The Bertz CT molecular complexity index is 842. The number of aromatic nitrogens is 2. The molecule has 1 aliphatic heterocycles. The van der Waals surface area contributed by atoms with E-state index in [1.807, 2.05) is 33.7 Å². The zero-order chi connectivity index (χ0) is 14.6. The fourth-order valence-corrected chi connectivity index (χ4v) is 3.34. The molecule has 4 rings (SSSR count). The van der Waals surface area contributed by atoms with Gasteiger partial charge in [-0.2, -0.15) is 0 Å². The molecule has 0 amide bonds. The Hall–Kier alpha value is -1.81. The first-order valence-electron chi connectivity index (χ1n) is 7.09. The molecule has 3 heterocycles. The third kappa shape index (κ3) is 1.97. The van der Waals surface area contributed by atoms with Crippen molar-refractivity contribution < 1.29 is 4.39 Å². The van der Waals surface area contributed by atoms with Crippen molar-refractivity contribution in [3.63, 3.8) is 0 Å². The SMILES string of the molecule is Cc1ccc2nc3c(Cl)c(N4CC[C@@H](F)C4)ccn3c2c1. The summed E-state index contributed by atoms with van der Waals surface area (Å²) in [5.41, 5.74) is 4.76. The van der Waals surface area contributed by atoms with Gasteiger partial charge in [-0.05, 0) is 37.1 Å². The number of pyridine rings is 1. The number of anilines is 1. The molecule has 0 N–H and O–H groups in total. The standard InChI is InChI=1S/C16H15ClFN3/c1-10-2-3-12-14(8-10)21-7-5-13(15(17)16(21)19-12)20-6-4-11(18)9-20/h2-3,5,7-8,11H,4,6,9H2,1H3/t11-/m1/s1. The molecule has 0 radical (unpaired) electrons. The van der Waals surface area contributed by atoms with E-state index < -0.39 is 6.17 Å². The Morgan fingerprint density at radius 2 is 2.19 bits per heavy atom. The lowest BCUT2D eigenvalue weighted by Crippen LogP contribution is -2.20. The smallest absolute Gasteiger partial charge is 0.158 e. The Morgan fingerprint density at radius 3 is 2.95 bits per heavy atom. The summed E-state index contributed by atoms with van der Waals surface area (Å²) in [6.45, 7) is 3.17. The van der Waals surface area contributed by atoms with Crippen LogP contribution in [0, 0.1) is 6.92 Å². The van der Waals surface area contributed by atoms with Gasteiger partial charge in [0.15, 0.2) is 5.65 Å². The second kappa shape index (κ2) is 4.60. The molecule has 1 fully saturated rings. The van der Waals surface area contributed by atoms with Crippen LogP contribution in [-0.2, 0) is 0 Å². The van der Waals surface area contributed by atoms with E-state index in [-0.39, 0.29) is 0 Å². The lowest BCUT2D eigenvalue weighted by Gasteiger charge is -2.19. The van der Waals surface area contributed by atoms with Crippen molar-refractivity contribution in [2.24, 2.45) is 0 Å². The van der Waals surface area contributed by atoms with E-state index >= 15 is 0 Å². The maximum absolute atomic E-state index is 13.4. The molecule has 0 saturated carbocycles. The lowest BCUT2D eigenvalue weighted by molar-refractivity contribution is 0.364. The van der Waals surface area contributed by atoms with Crippen LogP contribution in [0.25, 0.3) is 16.7 Å². The van der Waals surface area contributed by atoms with Gasteiger partial charge in [0, 0.05) is 19.3 Å². The average Bonchev–Trinajstić information content (AvgIpc) is 3.04. The van der Waals surface area contributed by atoms with Crippen molar-refractivity contribution in [3.8, 4) is 0 Å². The maximum atomic E-state index is 13.4. The van der Waals surface area contributed by atoms with Gasteiger partial charge in [0.25, 0.3) is 0 Å². The molecule has 3 nitrogen and oxygen atoms in total. The normalized spacial score (nSPS) is 19.0. The third-order valence-corrected chi connectivity index (χ3v) is 4.48. The van der Waals surface area contributed by atoms with Crippen LogP contribution in [0.15, 0.2) is 30.5 Å². The second-order valence-corrected chi connectivity index (χ2v) is 6.02. The molecule has 1 saturated heterocycles. The summed E-state index contributed by atoms with van der Waals surface area (Å²) < 4.78 is 15.4. The fourth-order valence-electron chi connectivity index (χ4n) is 3.02. The van der Waals surface area contributed by atoms with Crippen LogP contribution in [0.5, 0.6) is 0 Å². The topological polar surface area (TPSA) is 20.5 Å². The molecule has 5 heteroatoms. The number of aryl methyl sites for hydroxylation is 1. The fraction of sp³-hybridized carbons (Fsp3) is 0.312. The van der Waals surface area contributed by atoms with Gasteiger partial charge in [0.1, 0.15) is 11.2 Å². The van der Waals surface area contributed by atoms with Gasteiger partial charge in [-0.25, -0.2) is 9.37 Å². The average molecular weight is 304 g/mol. The number of halogens is 2. The van der Waals surface area contributed by atoms with Crippen LogP contribution in [0.1, 0.15) is 12.0 Å². The van der Waals surface area contributed by atoms with Gasteiger partial charge < -0.3 is 4.90 Å². The van der Waals surface area contributed by atoms with E-state index in [0.29, 0.717) is 24.5 Å². The second-order valence-electron chi connectivity index (χ2n) is 5.64. The van der Waals surface area contributed by atoms with Crippen LogP contribution < -0.4 is 4.90 Å². The van der Waals surface area contributed by atoms with Crippen molar-refractivity contribution in [1.82, 2.24) is 9.38 Å². The molecule has 1 atom stereocenters. The summed E-state index contributed by atoms with van der Waals surface area (Å²) in [6.07, 6.45) is 1.77. The van der Waals surface area contributed by atoms with Crippen molar-refractivity contribution in [1.29, 1.82) is 0 Å². The highest BCUT2D eigenvalue weighted by Crippen LogP contribution is 2.34. The molecule has 1 aliphatic rings. The summed E-state index contributed by atoms with van der Waals surface area (Å²) in [7, 11) is 0. The highest BCUT2D eigenvalue weighted by molar-refractivity contribution is 6.36. The molecular formula is C16H15ClFN3. The first-order valence-corrected chi connectivity index (χ1v) is 7.47. The quantitative estimate of drug-likeness (QED) is 0.677. The number of nitrogens with zero attached hydrogens (tertiary/aromatic N) is 3. The predicted octanol–water partition coefficient (Wildman–Crippen LogP) is 4.00. The molecular weight excluding hydrogens is 289 g/mol. The predicted molar refractivity (Wildman–Crippen MR) is 84.2 cm³/mol. The van der Waals surface area contributed by atoms with Crippen molar-refractivity contribution in [3.05, 3.63) is 41.0 Å². The Balaban J connectivity index is 1.92. The summed E-state index contributed by atoms with van der Waals surface area (Å²) in [5.74, 6) is 0. The molecule has 1 aromatic carbocycles. The third-order valence-electron chi connectivity index (χ3n) is 4.12. The van der Waals surface area contributed by atoms with Crippen LogP contribution >= 0.6 is 11.6 Å².